The molecule has 1 aromatic rings. The molecule has 0 aliphatic carbocycles. The van der Waals surface area contributed by atoms with E-state index in [1.165, 1.54) is 27.8 Å². The predicted molar refractivity (Wildman–Crippen MR) is 100 cm³/mol. The Morgan fingerprint density at radius 3 is 2.74 bits per heavy atom. The molecule has 1 heterocycles. The van der Waals surface area contributed by atoms with Gasteiger partial charge in [-0.3, -0.25) is 0 Å². The van der Waals surface area contributed by atoms with Crippen molar-refractivity contribution >= 4 is 5.57 Å². The monoisotopic (exact) mass is 311 g/mol. The molecular formula is C20H29N3. The van der Waals surface area contributed by atoms with Crippen molar-refractivity contribution in [1.29, 1.82) is 0 Å². The Kier molecular flexibility index (Phi) is 6.63. The Bertz CT molecular complexity index is 611. The average molecular weight is 311 g/mol. The maximum absolute atomic E-state index is 3.39. The van der Waals surface area contributed by atoms with Gasteiger partial charge in [0.05, 0.1) is 0 Å². The Labute approximate surface area is 140 Å². The molecule has 0 fully saturated rings. The average Bonchev–Trinajstić information content (AvgIpc) is 2.88. The van der Waals surface area contributed by atoms with E-state index < -0.39 is 0 Å². The lowest BCUT2D eigenvalue weighted by Crippen LogP contribution is -2.16. The van der Waals surface area contributed by atoms with E-state index in [2.05, 4.69) is 72.4 Å². The fourth-order valence-electron chi connectivity index (χ4n) is 2.82. The maximum Gasteiger partial charge on any atom is 0.0483 e. The molecular weight excluding hydrogens is 282 g/mol. The van der Waals surface area contributed by atoms with Gasteiger partial charge in [-0.2, -0.15) is 0 Å². The normalized spacial score (nSPS) is 19.8. The quantitative estimate of drug-likeness (QED) is 0.725. The predicted octanol–water partition coefficient (Wildman–Crippen LogP) is 2.87. The van der Waals surface area contributed by atoms with Crippen molar-refractivity contribution in [3.63, 3.8) is 0 Å². The molecule has 124 valence electrons. The summed E-state index contributed by atoms with van der Waals surface area (Å²) in [5.41, 5.74) is 6.62. The Morgan fingerprint density at radius 1 is 1.26 bits per heavy atom. The molecule has 0 aromatic heterocycles. The summed E-state index contributed by atoms with van der Waals surface area (Å²) in [5, 5.41) is 9.83. The summed E-state index contributed by atoms with van der Waals surface area (Å²) >= 11 is 0. The van der Waals surface area contributed by atoms with Crippen LogP contribution in [0.4, 0.5) is 0 Å². The molecule has 1 atom stereocenters. The summed E-state index contributed by atoms with van der Waals surface area (Å²) in [6, 6.07) is 9.25. The Balaban J connectivity index is 2.32. The SMILES string of the molecule is CNC/C=C(\C=C1\C(C)=CNC1C)c1cccc(CCNC)c1. The molecule has 0 saturated heterocycles. The van der Waals surface area contributed by atoms with Gasteiger partial charge in [0.2, 0.25) is 0 Å². The molecule has 0 amide bonds. The highest BCUT2D eigenvalue weighted by molar-refractivity contribution is 5.76. The van der Waals surface area contributed by atoms with Gasteiger partial charge in [0, 0.05) is 18.8 Å². The van der Waals surface area contributed by atoms with Gasteiger partial charge < -0.3 is 16.0 Å². The minimum absolute atomic E-state index is 0.375. The number of hydrogen-bond donors (Lipinski definition) is 3. The van der Waals surface area contributed by atoms with Crippen LogP contribution in [-0.2, 0) is 6.42 Å². The highest BCUT2D eigenvalue weighted by atomic mass is 14.9. The molecule has 0 saturated carbocycles. The van der Waals surface area contributed by atoms with E-state index in [0.717, 1.165) is 19.5 Å². The van der Waals surface area contributed by atoms with Gasteiger partial charge in [0.1, 0.15) is 0 Å². The molecule has 1 aromatic carbocycles. The second-order valence-corrected chi connectivity index (χ2v) is 6.09. The molecule has 3 nitrogen and oxygen atoms in total. The van der Waals surface area contributed by atoms with Crippen molar-refractivity contribution in [2.75, 3.05) is 27.2 Å². The molecule has 2 rings (SSSR count). The van der Waals surface area contributed by atoms with Crippen LogP contribution in [0.3, 0.4) is 0 Å². The molecule has 0 spiro atoms. The second kappa shape index (κ2) is 8.70. The van der Waals surface area contributed by atoms with Crippen LogP contribution in [0, 0.1) is 0 Å². The molecule has 1 aliphatic rings. The Morgan fingerprint density at radius 2 is 2.09 bits per heavy atom. The fraction of sp³-hybridized carbons (Fsp3) is 0.400. The number of likely N-dealkylation sites (N-methyl/N-ethyl adjacent to an activating group) is 2. The first-order valence-electron chi connectivity index (χ1n) is 8.39. The molecule has 3 N–H and O–H groups in total. The summed E-state index contributed by atoms with van der Waals surface area (Å²) in [7, 11) is 3.98. The fourth-order valence-corrected chi connectivity index (χ4v) is 2.82. The summed E-state index contributed by atoms with van der Waals surface area (Å²) in [6.07, 6.45) is 7.75. The van der Waals surface area contributed by atoms with Crippen LogP contribution in [0.25, 0.3) is 5.57 Å². The number of hydrogen-bond acceptors (Lipinski definition) is 3. The molecule has 1 aliphatic heterocycles. The van der Waals surface area contributed by atoms with E-state index in [4.69, 9.17) is 0 Å². The third-order valence-electron chi connectivity index (χ3n) is 4.23. The van der Waals surface area contributed by atoms with Gasteiger partial charge in [0.25, 0.3) is 0 Å². The standard InChI is InChI=1S/C20H29N3/c1-15-14-23-16(2)20(15)13-19(9-11-22-4)18-7-5-6-17(12-18)8-10-21-3/h5-7,9,12-14,16,21-23H,8,10-11H2,1-4H3/b19-9+,20-13-. The van der Waals surface area contributed by atoms with Crippen LogP contribution in [0.5, 0.6) is 0 Å². The summed E-state index contributed by atoms with van der Waals surface area (Å²) in [4.78, 5) is 0. The van der Waals surface area contributed by atoms with Crippen molar-refractivity contribution in [2.45, 2.75) is 26.3 Å². The van der Waals surface area contributed by atoms with E-state index in [-0.39, 0.29) is 0 Å². The first-order chi connectivity index (χ1) is 11.2. The zero-order chi connectivity index (χ0) is 16.7. The first-order valence-corrected chi connectivity index (χ1v) is 8.39. The minimum atomic E-state index is 0.375. The number of rotatable bonds is 7. The van der Waals surface area contributed by atoms with Crippen LogP contribution in [0.15, 0.2) is 53.8 Å². The third kappa shape index (κ3) is 4.81. The summed E-state index contributed by atoms with van der Waals surface area (Å²) < 4.78 is 0. The van der Waals surface area contributed by atoms with Crippen LogP contribution < -0.4 is 16.0 Å². The summed E-state index contributed by atoms with van der Waals surface area (Å²) in [5.74, 6) is 0. The van der Waals surface area contributed by atoms with Crippen LogP contribution >= 0.6 is 0 Å². The maximum atomic E-state index is 3.39. The van der Waals surface area contributed by atoms with Gasteiger partial charge in [0.15, 0.2) is 0 Å². The Hall–Kier alpha value is -1.84. The van der Waals surface area contributed by atoms with E-state index in [1.807, 2.05) is 14.1 Å². The molecule has 0 bridgehead atoms. The molecule has 23 heavy (non-hydrogen) atoms. The van der Waals surface area contributed by atoms with Gasteiger partial charge in [-0.1, -0.05) is 30.3 Å². The van der Waals surface area contributed by atoms with Crippen LogP contribution in [0.2, 0.25) is 0 Å². The highest BCUT2D eigenvalue weighted by Crippen LogP contribution is 2.26. The van der Waals surface area contributed by atoms with Crippen molar-refractivity contribution in [3.05, 3.63) is 64.9 Å². The summed E-state index contributed by atoms with van der Waals surface area (Å²) in [6.45, 7) is 6.24. The van der Waals surface area contributed by atoms with E-state index >= 15 is 0 Å². The van der Waals surface area contributed by atoms with Crippen LogP contribution in [0.1, 0.15) is 25.0 Å². The molecule has 3 heteroatoms. The second-order valence-electron chi connectivity index (χ2n) is 6.09. The largest absolute Gasteiger partial charge is 0.384 e. The third-order valence-corrected chi connectivity index (χ3v) is 4.23. The smallest absolute Gasteiger partial charge is 0.0483 e. The topological polar surface area (TPSA) is 36.1 Å². The number of nitrogens with one attached hydrogen (secondary N) is 3. The van der Waals surface area contributed by atoms with Gasteiger partial charge in [-0.05, 0) is 74.8 Å². The number of allylic oxidation sites excluding steroid dienone is 2. The molecule has 0 radical (unpaired) electrons. The number of benzene rings is 1. The van der Waals surface area contributed by atoms with E-state index in [1.54, 1.807) is 0 Å². The highest BCUT2D eigenvalue weighted by Gasteiger charge is 2.16. The van der Waals surface area contributed by atoms with Crippen molar-refractivity contribution < 1.29 is 0 Å². The van der Waals surface area contributed by atoms with Crippen molar-refractivity contribution in [2.24, 2.45) is 0 Å². The van der Waals surface area contributed by atoms with Crippen molar-refractivity contribution in [1.82, 2.24) is 16.0 Å². The van der Waals surface area contributed by atoms with Gasteiger partial charge in [-0.25, -0.2) is 0 Å². The van der Waals surface area contributed by atoms with E-state index in [0.29, 0.717) is 6.04 Å². The van der Waals surface area contributed by atoms with E-state index in [9.17, 15) is 0 Å². The van der Waals surface area contributed by atoms with Crippen molar-refractivity contribution in [3.8, 4) is 0 Å². The van der Waals surface area contributed by atoms with Gasteiger partial charge >= 0.3 is 0 Å². The lowest BCUT2D eigenvalue weighted by molar-refractivity contribution is 0.776. The van der Waals surface area contributed by atoms with Crippen LogP contribution in [-0.4, -0.2) is 33.2 Å². The molecule has 1 unspecified atom stereocenters. The minimum Gasteiger partial charge on any atom is -0.384 e. The zero-order valence-corrected chi connectivity index (χ0v) is 14.7. The zero-order valence-electron chi connectivity index (χ0n) is 14.7. The van der Waals surface area contributed by atoms with Gasteiger partial charge in [-0.15, -0.1) is 0 Å². The lowest BCUT2D eigenvalue weighted by Gasteiger charge is -2.12. The first kappa shape index (κ1) is 17.5. The lowest BCUT2D eigenvalue weighted by atomic mass is 9.96.